The van der Waals surface area contributed by atoms with Crippen molar-refractivity contribution in [3.05, 3.63) is 24.8 Å². The van der Waals surface area contributed by atoms with Gasteiger partial charge in [-0.25, -0.2) is 0 Å². The summed E-state index contributed by atoms with van der Waals surface area (Å²) in [5.41, 5.74) is 1.30. The monoisotopic (exact) mass is 451 g/mol. The third-order valence-electron chi connectivity index (χ3n) is 2.50. The van der Waals surface area contributed by atoms with Crippen LogP contribution in [0.15, 0.2) is 12.1 Å². The van der Waals surface area contributed by atoms with E-state index in [1.807, 2.05) is 0 Å². The van der Waals surface area contributed by atoms with Gasteiger partial charge in [0.05, 0.1) is 7.14 Å². The topological polar surface area (TPSA) is 32.3 Å². The number of rotatable bonds is 1. The Labute approximate surface area is 123 Å². The van der Waals surface area contributed by atoms with Crippen molar-refractivity contribution in [1.29, 1.82) is 0 Å². The lowest BCUT2D eigenvalue weighted by molar-refractivity contribution is 0.466. The van der Waals surface area contributed by atoms with Gasteiger partial charge in [-0.2, -0.15) is 0 Å². The average molecular weight is 451 g/mol. The smallest absolute Gasteiger partial charge is 0.142 e. The van der Waals surface area contributed by atoms with E-state index >= 15 is 0 Å². The first-order chi connectivity index (χ1) is 6.68. The molecular weight excluding hydrogens is 439 g/mol. The summed E-state index contributed by atoms with van der Waals surface area (Å²) in [6, 6.07) is 4.62. The molecule has 5 heteroatoms. The molecule has 84 valence electrons. The van der Waals surface area contributed by atoms with E-state index < -0.39 is 0 Å². The van der Waals surface area contributed by atoms with Crippen LogP contribution >= 0.6 is 57.6 Å². The normalized spacial score (nSPS) is 20.0. The highest BCUT2D eigenvalue weighted by molar-refractivity contribution is 14.1. The predicted octanol–water partition coefficient (Wildman–Crippen LogP) is 3.45. The van der Waals surface area contributed by atoms with Gasteiger partial charge >= 0.3 is 0 Å². The van der Waals surface area contributed by atoms with Crippen LogP contribution < -0.4 is 5.32 Å². The van der Waals surface area contributed by atoms with E-state index in [1.54, 1.807) is 0 Å². The first-order valence-electron chi connectivity index (χ1n) is 4.60. The van der Waals surface area contributed by atoms with Gasteiger partial charge < -0.3 is 10.4 Å². The second-order valence-corrected chi connectivity index (χ2v) is 5.81. The zero-order valence-electron chi connectivity index (χ0n) is 7.96. The van der Waals surface area contributed by atoms with Crippen LogP contribution in [0.3, 0.4) is 0 Å². The van der Waals surface area contributed by atoms with E-state index in [2.05, 4.69) is 62.6 Å². The molecule has 2 rings (SSSR count). The van der Waals surface area contributed by atoms with Crippen LogP contribution in [0, 0.1) is 7.14 Å². The summed E-state index contributed by atoms with van der Waals surface area (Å²) < 4.78 is 1.89. The molecule has 2 N–H and O–H groups in total. The van der Waals surface area contributed by atoms with Gasteiger partial charge in [0.2, 0.25) is 0 Å². The highest BCUT2D eigenvalue weighted by Crippen LogP contribution is 2.32. The molecule has 0 aliphatic carbocycles. The van der Waals surface area contributed by atoms with Gasteiger partial charge in [-0.1, -0.05) is 0 Å². The van der Waals surface area contributed by atoms with Crippen molar-refractivity contribution in [3.8, 4) is 5.75 Å². The molecule has 1 aliphatic rings. The quantitative estimate of drug-likeness (QED) is 0.642. The summed E-state index contributed by atoms with van der Waals surface area (Å²) in [6.07, 6.45) is 2.45. The van der Waals surface area contributed by atoms with Gasteiger partial charge in [0, 0.05) is 6.04 Å². The molecule has 0 radical (unpaired) electrons. The molecule has 0 aromatic heterocycles. The van der Waals surface area contributed by atoms with Crippen LogP contribution in [0.4, 0.5) is 0 Å². The molecule has 15 heavy (non-hydrogen) atoms. The highest BCUT2D eigenvalue weighted by atomic mass is 127. The Bertz CT molecular complexity index is 330. The number of hydrogen-bond acceptors (Lipinski definition) is 2. The first-order valence-corrected chi connectivity index (χ1v) is 6.75. The van der Waals surface area contributed by atoms with Crippen molar-refractivity contribution < 1.29 is 5.11 Å². The minimum atomic E-state index is 0. The third kappa shape index (κ3) is 3.10. The summed E-state index contributed by atoms with van der Waals surface area (Å²) >= 11 is 4.36. The first kappa shape index (κ1) is 13.8. The zero-order valence-corrected chi connectivity index (χ0v) is 13.1. The van der Waals surface area contributed by atoms with Crippen LogP contribution in [0.5, 0.6) is 5.75 Å². The summed E-state index contributed by atoms with van der Waals surface area (Å²) in [4.78, 5) is 0. The van der Waals surface area contributed by atoms with Crippen molar-refractivity contribution in [3.63, 3.8) is 0 Å². The van der Waals surface area contributed by atoms with Crippen LogP contribution in [0.1, 0.15) is 24.4 Å². The second kappa shape index (κ2) is 5.88. The van der Waals surface area contributed by atoms with E-state index in [0.717, 1.165) is 13.7 Å². The Morgan fingerprint density at radius 2 is 1.87 bits per heavy atom. The minimum Gasteiger partial charge on any atom is -0.506 e. The Kier molecular flexibility index (Phi) is 5.41. The molecule has 0 spiro atoms. The molecule has 1 aliphatic heterocycles. The van der Waals surface area contributed by atoms with Gasteiger partial charge in [-0.05, 0) is 82.3 Å². The van der Waals surface area contributed by atoms with Gasteiger partial charge in [0.25, 0.3) is 0 Å². The molecule has 1 aromatic carbocycles. The fourth-order valence-corrected chi connectivity index (χ4v) is 3.57. The molecule has 0 unspecified atom stereocenters. The summed E-state index contributed by atoms with van der Waals surface area (Å²) in [5.74, 6) is 0.410. The van der Waals surface area contributed by atoms with E-state index in [-0.39, 0.29) is 12.4 Å². The van der Waals surface area contributed by atoms with Crippen LogP contribution in [0.2, 0.25) is 0 Å². The Morgan fingerprint density at radius 1 is 1.27 bits per heavy atom. The number of benzene rings is 1. The van der Waals surface area contributed by atoms with E-state index in [4.69, 9.17) is 0 Å². The fourth-order valence-electron chi connectivity index (χ4n) is 1.76. The summed E-state index contributed by atoms with van der Waals surface area (Å²) in [6.45, 7) is 1.11. The van der Waals surface area contributed by atoms with Crippen LogP contribution in [-0.2, 0) is 0 Å². The molecule has 1 saturated heterocycles. The number of hydrogen-bond donors (Lipinski definition) is 2. The van der Waals surface area contributed by atoms with Gasteiger partial charge in [0.15, 0.2) is 0 Å². The molecule has 1 atom stereocenters. The maximum Gasteiger partial charge on any atom is 0.142 e. The maximum atomic E-state index is 9.64. The summed E-state index contributed by atoms with van der Waals surface area (Å²) in [5, 5.41) is 13.1. The predicted molar refractivity (Wildman–Crippen MR) is 80.8 cm³/mol. The molecule has 1 heterocycles. The summed E-state index contributed by atoms with van der Waals surface area (Å²) in [7, 11) is 0. The third-order valence-corrected chi connectivity index (χ3v) is 4.15. The number of halogens is 3. The largest absolute Gasteiger partial charge is 0.506 e. The van der Waals surface area contributed by atoms with Crippen LogP contribution in [-0.4, -0.2) is 11.7 Å². The van der Waals surface area contributed by atoms with Gasteiger partial charge in [-0.3, -0.25) is 0 Å². The van der Waals surface area contributed by atoms with Crippen molar-refractivity contribution in [2.75, 3.05) is 6.54 Å². The lowest BCUT2D eigenvalue weighted by atomic mass is 10.1. The Balaban J connectivity index is 0.00000112. The van der Waals surface area contributed by atoms with E-state index in [1.165, 1.54) is 18.4 Å². The maximum absolute atomic E-state index is 9.64. The molecule has 1 aromatic rings. The molecule has 2 nitrogen and oxygen atoms in total. The molecular formula is C10H12ClI2NO. The van der Waals surface area contributed by atoms with Crippen LogP contribution in [0.25, 0.3) is 0 Å². The minimum absolute atomic E-state index is 0. The second-order valence-electron chi connectivity index (χ2n) is 3.48. The van der Waals surface area contributed by atoms with Crippen molar-refractivity contribution in [2.24, 2.45) is 0 Å². The fraction of sp³-hybridized carbons (Fsp3) is 0.400. The lowest BCUT2D eigenvalue weighted by Gasteiger charge is -2.12. The zero-order chi connectivity index (χ0) is 10.1. The SMILES string of the molecule is Cl.Oc1c(I)cc([C@@H]2CCCN2)cc1I. The average Bonchev–Trinajstić information content (AvgIpc) is 2.66. The standard InChI is InChI=1S/C10H11I2NO.ClH/c11-7-4-6(5-8(12)10(7)14)9-2-1-3-13-9;/h4-5,9,13-14H,1-3H2;1H/t9-;/m0./s1. The molecule has 0 bridgehead atoms. The van der Waals surface area contributed by atoms with Gasteiger partial charge in [0.1, 0.15) is 5.75 Å². The van der Waals surface area contributed by atoms with Crippen molar-refractivity contribution in [1.82, 2.24) is 5.32 Å². The number of phenolic OH excluding ortho intramolecular Hbond substituents is 1. The number of phenols is 1. The number of aromatic hydroxyl groups is 1. The Hall–Kier alpha value is 0.730. The lowest BCUT2D eigenvalue weighted by Crippen LogP contribution is -2.13. The Morgan fingerprint density at radius 3 is 2.33 bits per heavy atom. The van der Waals surface area contributed by atoms with Crippen molar-refractivity contribution in [2.45, 2.75) is 18.9 Å². The highest BCUT2D eigenvalue weighted by Gasteiger charge is 2.18. The molecule has 0 amide bonds. The molecule has 1 fully saturated rings. The van der Waals surface area contributed by atoms with Crippen molar-refractivity contribution >= 4 is 57.6 Å². The van der Waals surface area contributed by atoms with Gasteiger partial charge in [-0.15, -0.1) is 12.4 Å². The van der Waals surface area contributed by atoms with E-state index in [0.29, 0.717) is 11.8 Å². The number of nitrogens with one attached hydrogen (secondary N) is 1. The molecule has 0 saturated carbocycles. The van der Waals surface area contributed by atoms with E-state index in [9.17, 15) is 5.11 Å².